The number of carbonyl (C=O) groups excluding carboxylic acids is 1. The number of rotatable bonds is 3. The van der Waals surface area contributed by atoms with Crippen LogP contribution in [0.2, 0.25) is 5.15 Å². The van der Waals surface area contributed by atoms with Gasteiger partial charge in [-0.2, -0.15) is 0 Å². The Kier molecular flexibility index (Phi) is 4.48. The summed E-state index contributed by atoms with van der Waals surface area (Å²) in [4.78, 5) is 15.6. The fourth-order valence-electron chi connectivity index (χ4n) is 1.24. The molecular formula is C12H17ClN2O2. The molecule has 17 heavy (non-hydrogen) atoms. The van der Waals surface area contributed by atoms with Gasteiger partial charge in [0.25, 0.3) is 0 Å². The van der Waals surface area contributed by atoms with E-state index in [-0.39, 0.29) is 0 Å². The zero-order valence-corrected chi connectivity index (χ0v) is 11.0. The van der Waals surface area contributed by atoms with Crippen LogP contribution >= 0.6 is 11.6 Å². The number of hydrogen-bond acceptors (Lipinski definition) is 4. The van der Waals surface area contributed by atoms with Crippen LogP contribution in [0.5, 0.6) is 0 Å². The van der Waals surface area contributed by atoms with Gasteiger partial charge in [0.2, 0.25) is 0 Å². The highest BCUT2D eigenvalue weighted by atomic mass is 35.5. The molecule has 0 saturated heterocycles. The number of esters is 1. The molecule has 0 amide bonds. The molecule has 1 unspecified atom stereocenters. The van der Waals surface area contributed by atoms with Crippen LogP contribution in [0.4, 0.5) is 0 Å². The lowest BCUT2D eigenvalue weighted by Crippen LogP contribution is -2.38. The Morgan fingerprint density at radius 3 is 2.65 bits per heavy atom. The maximum absolute atomic E-state index is 11.6. The summed E-state index contributed by atoms with van der Waals surface area (Å²) in [6.07, 6.45) is 1.99. The highest BCUT2D eigenvalue weighted by Crippen LogP contribution is 2.11. The SMILES string of the molecule is CC(C)(C)OC(=O)C(N)Cc1ccc(Cl)nc1. The number of nitrogens with two attached hydrogens (primary N) is 1. The summed E-state index contributed by atoms with van der Waals surface area (Å²) in [5.74, 6) is -0.410. The van der Waals surface area contributed by atoms with E-state index in [9.17, 15) is 4.79 Å². The quantitative estimate of drug-likeness (QED) is 0.663. The highest BCUT2D eigenvalue weighted by molar-refractivity contribution is 6.29. The Hall–Kier alpha value is -1.13. The minimum absolute atomic E-state index is 0.388. The van der Waals surface area contributed by atoms with Crippen molar-refractivity contribution in [1.82, 2.24) is 4.98 Å². The van der Waals surface area contributed by atoms with Crippen molar-refractivity contribution in [3.05, 3.63) is 29.0 Å². The third kappa shape index (κ3) is 5.15. The molecule has 4 nitrogen and oxygen atoms in total. The van der Waals surface area contributed by atoms with Crippen LogP contribution in [-0.2, 0) is 16.0 Å². The Morgan fingerprint density at radius 1 is 1.53 bits per heavy atom. The predicted octanol–water partition coefficient (Wildman–Crippen LogP) is 1.95. The van der Waals surface area contributed by atoms with E-state index in [1.165, 1.54) is 0 Å². The summed E-state index contributed by atoms with van der Waals surface area (Å²) in [5.41, 5.74) is 6.09. The van der Waals surface area contributed by atoms with Crippen molar-refractivity contribution in [3.8, 4) is 0 Å². The third-order valence-electron chi connectivity index (χ3n) is 1.95. The van der Waals surface area contributed by atoms with Gasteiger partial charge in [0, 0.05) is 6.20 Å². The third-order valence-corrected chi connectivity index (χ3v) is 2.18. The van der Waals surface area contributed by atoms with Crippen molar-refractivity contribution in [2.24, 2.45) is 5.73 Å². The average Bonchev–Trinajstić information content (AvgIpc) is 2.19. The molecule has 1 heterocycles. The van der Waals surface area contributed by atoms with Crippen LogP contribution in [0, 0.1) is 0 Å². The zero-order chi connectivity index (χ0) is 13.1. The first-order valence-corrected chi connectivity index (χ1v) is 5.74. The number of carbonyl (C=O) groups is 1. The molecule has 0 fully saturated rings. The number of hydrogen-bond donors (Lipinski definition) is 1. The summed E-state index contributed by atoms with van der Waals surface area (Å²) in [6, 6.07) is 2.77. The van der Waals surface area contributed by atoms with Crippen LogP contribution in [-0.4, -0.2) is 22.6 Å². The van der Waals surface area contributed by atoms with Crippen molar-refractivity contribution in [3.63, 3.8) is 0 Å². The van der Waals surface area contributed by atoms with E-state index >= 15 is 0 Å². The number of pyridine rings is 1. The number of nitrogens with zero attached hydrogens (tertiary/aromatic N) is 1. The Bertz CT molecular complexity index is 384. The molecular weight excluding hydrogens is 240 g/mol. The molecule has 0 spiro atoms. The molecule has 0 saturated carbocycles. The van der Waals surface area contributed by atoms with Gasteiger partial charge in [-0.05, 0) is 38.8 Å². The maximum Gasteiger partial charge on any atom is 0.323 e. The summed E-state index contributed by atoms with van der Waals surface area (Å²) < 4.78 is 5.19. The molecule has 2 N–H and O–H groups in total. The van der Waals surface area contributed by atoms with Gasteiger partial charge >= 0.3 is 5.97 Å². The minimum atomic E-state index is -0.683. The molecule has 0 aromatic carbocycles. The van der Waals surface area contributed by atoms with Crippen molar-refractivity contribution in [1.29, 1.82) is 0 Å². The standard InChI is InChI=1S/C12H17ClN2O2/c1-12(2,3)17-11(16)9(14)6-8-4-5-10(13)15-7-8/h4-5,7,9H,6,14H2,1-3H3. The summed E-state index contributed by atoms with van der Waals surface area (Å²) in [5, 5.41) is 0.416. The monoisotopic (exact) mass is 256 g/mol. The lowest BCUT2D eigenvalue weighted by atomic mass is 10.1. The van der Waals surface area contributed by atoms with E-state index in [0.717, 1.165) is 5.56 Å². The van der Waals surface area contributed by atoms with Crippen LogP contribution in [0.15, 0.2) is 18.3 Å². The molecule has 1 aromatic rings. The van der Waals surface area contributed by atoms with Gasteiger partial charge in [0.15, 0.2) is 0 Å². The Labute approximate surface area is 106 Å². The van der Waals surface area contributed by atoms with Crippen molar-refractivity contribution in [2.75, 3.05) is 0 Å². The number of ether oxygens (including phenoxy) is 1. The van der Waals surface area contributed by atoms with Gasteiger partial charge in [0.05, 0.1) is 0 Å². The highest BCUT2D eigenvalue weighted by Gasteiger charge is 2.22. The first kappa shape index (κ1) is 13.9. The predicted molar refractivity (Wildman–Crippen MR) is 66.8 cm³/mol. The van der Waals surface area contributed by atoms with Crippen molar-refractivity contribution in [2.45, 2.75) is 38.8 Å². The van der Waals surface area contributed by atoms with E-state index in [4.69, 9.17) is 22.1 Å². The fourth-order valence-corrected chi connectivity index (χ4v) is 1.35. The summed E-state index contributed by atoms with van der Waals surface area (Å²) in [7, 11) is 0. The van der Waals surface area contributed by atoms with Gasteiger partial charge in [0.1, 0.15) is 16.8 Å². The Balaban J connectivity index is 2.57. The van der Waals surface area contributed by atoms with Gasteiger partial charge in [-0.3, -0.25) is 4.79 Å². The van der Waals surface area contributed by atoms with Gasteiger partial charge < -0.3 is 10.5 Å². The molecule has 0 aliphatic carbocycles. The maximum atomic E-state index is 11.6. The fraction of sp³-hybridized carbons (Fsp3) is 0.500. The van der Waals surface area contributed by atoms with Gasteiger partial charge in [-0.15, -0.1) is 0 Å². The van der Waals surface area contributed by atoms with E-state index in [0.29, 0.717) is 11.6 Å². The number of aromatic nitrogens is 1. The average molecular weight is 257 g/mol. The van der Waals surface area contributed by atoms with Gasteiger partial charge in [-0.25, -0.2) is 4.98 Å². The normalized spacial score (nSPS) is 13.2. The second kappa shape index (κ2) is 5.47. The lowest BCUT2D eigenvalue weighted by molar-refractivity contribution is -0.156. The van der Waals surface area contributed by atoms with Crippen molar-refractivity contribution >= 4 is 17.6 Å². The largest absolute Gasteiger partial charge is 0.459 e. The second-order valence-electron chi connectivity index (χ2n) is 4.83. The smallest absolute Gasteiger partial charge is 0.323 e. The van der Waals surface area contributed by atoms with Crippen LogP contribution in [0.1, 0.15) is 26.3 Å². The Morgan fingerprint density at radius 2 is 2.18 bits per heavy atom. The molecule has 1 aromatic heterocycles. The second-order valence-corrected chi connectivity index (χ2v) is 5.22. The summed E-state index contributed by atoms with van der Waals surface area (Å²) >= 11 is 5.66. The molecule has 94 valence electrons. The molecule has 0 radical (unpaired) electrons. The first-order valence-electron chi connectivity index (χ1n) is 5.37. The zero-order valence-electron chi connectivity index (χ0n) is 10.2. The molecule has 0 bridgehead atoms. The van der Waals surface area contributed by atoms with Crippen LogP contribution < -0.4 is 5.73 Å². The molecule has 0 aliphatic rings. The lowest BCUT2D eigenvalue weighted by Gasteiger charge is -2.22. The topological polar surface area (TPSA) is 65.2 Å². The first-order chi connectivity index (χ1) is 7.78. The minimum Gasteiger partial charge on any atom is -0.459 e. The van der Waals surface area contributed by atoms with E-state index in [2.05, 4.69) is 4.98 Å². The van der Waals surface area contributed by atoms with E-state index < -0.39 is 17.6 Å². The van der Waals surface area contributed by atoms with Gasteiger partial charge in [-0.1, -0.05) is 17.7 Å². The summed E-state index contributed by atoms with van der Waals surface area (Å²) in [6.45, 7) is 5.42. The van der Waals surface area contributed by atoms with Crippen LogP contribution in [0.3, 0.4) is 0 Å². The molecule has 5 heteroatoms. The van der Waals surface area contributed by atoms with Crippen molar-refractivity contribution < 1.29 is 9.53 Å². The van der Waals surface area contributed by atoms with E-state index in [1.54, 1.807) is 18.3 Å². The molecule has 0 aliphatic heterocycles. The number of halogens is 1. The van der Waals surface area contributed by atoms with E-state index in [1.807, 2.05) is 20.8 Å². The molecule has 1 rings (SSSR count). The van der Waals surface area contributed by atoms with Crippen LogP contribution in [0.25, 0.3) is 0 Å². The molecule has 1 atom stereocenters.